The molecule has 2 heteroatoms. The fourth-order valence-corrected chi connectivity index (χ4v) is 1.81. The Bertz CT molecular complexity index is 357. The molecule has 14 heavy (non-hydrogen) atoms. The van der Waals surface area contributed by atoms with Crippen molar-refractivity contribution in [2.24, 2.45) is 11.3 Å². The summed E-state index contributed by atoms with van der Waals surface area (Å²) in [5.41, 5.74) is 1.20. The van der Waals surface area contributed by atoms with Crippen LogP contribution in [0.5, 0.6) is 0 Å². The molecular formula is C12H17NO. The third-order valence-corrected chi connectivity index (χ3v) is 2.93. The molecule has 2 aliphatic carbocycles. The van der Waals surface area contributed by atoms with Crippen molar-refractivity contribution in [2.75, 3.05) is 0 Å². The number of rotatable bonds is 1. The highest BCUT2D eigenvalue weighted by molar-refractivity contribution is 5.75. The Balaban J connectivity index is 0.00000112. The van der Waals surface area contributed by atoms with E-state index in [-0.39, 0.29) is 7.33 Å². The molecule has 0 bridgehead atoms. The van der Waals surface area contributed by atoms with E-state index in [2.05, 4.69) is 24.4 Å². The van der Waals surface area contributed by atoms with Crippen LogP contribution in [0.15, 0.2) is 36.1 Å². The van der Waals surface area contributed by atoms with Crippen molar-refractivity contribution >= 4 is 5.91 Å². The van der Waals surface area contributed by atoms with Gasteiger partial charge in [-0.25, -0.2) is 0 Å². The number of nitrogens with one attached hydrogen (secondary N) is 1. The Morgan fingerprint density at radius 2 is 2.50 bits per heavy atom. The number of carbonyl (C=O) groups is 1. The summed E-state index contributed by atoms with van der Waals surface area (Å²) in [6.45, 7) is 3.77. The van der Waals surface area contributed by atoms with Crippen molar-refractivity contribution in [1.82, 2.24) is 5.32 Å². The summed E-state index contributed by atoms with van der Waals surface area (Å²) < 4.78 is 0. The largest absolute Gasteiger partial charge is 0.326 e. The van der Waals surface area contributed by atoms with Crippen molar-refractivity contribution in [2.45, 2.75) is 20.3 Å². The van der Waals surface area contributed by atoms with Crippen LogP contribution in [0.25, 0.3) is 0 Å². The van der Waals surface area contributed by atoms with E-state index in [1.807, 2.05) is 18.2 Å². The van der Waals surface area contributed by atoms with E-state index >= 15 is 0 Å². The average Bonchev–Trinajstić information content (AvgIpc) is 2.69. The highest BCUT2D eigenvalue weighted by Gasteiger charge is 2.45. The van der Waals surface area contributed by atoms with Gasteiger partial charge in [-0.15, -0.1) is 0 Å². The Morgan fingerprint density at radius 1 is 1.71 bits per heavy atom. The predicted octanol–water partition coefficient (Wildman–Crippen LogP) is 2.40. The molecule has 0 radical (unpaired) electrons. The normalized spacial score (nSPS) is 39.9. The SMILES string of the molecule is CC(=O)NC1=C/C=CC2CC2(C)/C=C\1.[HH]. The molecule has 76 valence electrons. The van der Waals surface area contributed by atoms with Crippen LogP contribution in [-0.2, 0) is 4.79 Å². The van der Waals surface area contributed by atoms with Crippen LogP contribution >= 0.6 is 0 Å². The molecule has 0 heterocycles. The van der Waals surface area contributed by atoms with Gasteiger partial charge in [-0.3, -0.25) is 4.79 Å². The second kappa shape index (κ2) is 3.12. The van der Waals surface area contributed by atoms with E-state index in [0.717, 1.165) is 5.70 Å². The number of hydrogen-bond donors (Lipinski definition) is 1. The van der Waals surface area contributed by atoms with E-state index in [9.17, 15) is 4.79 Å². The Hall–Kier alpha value is -1.31. The van der Waals surface area contributed by atoms with Gasteiger partial charge < -0.3 is 5.32 Å². The molecule has 0 aromatic rings. The third kappa shape index (κ3) is 1.79. The van der Waals surface area contributed by atoms with E-state index in [1.54, 1.807) is 0 Å². The number of allylic oxidation sites excluding steroid dienone is 5. The lowest BCUT2D eigenvalue weighted by Crippen LogP contribution is -2.18. The lowest BCUT2D eigenvalue weighted by Gasteiger charge is -2.07. The minimum Gasteiger partial charge on any atom is -0.326 e. The Morgan fingerprint density at radius 3 is 3.21 bits per heavy atom. The van der Waals surface area contributed by atoms with E-state index in [1.165, 1.54) is 13.3 Å². The molecule has 0 aromatic carbocycles. The molecule has 1 fully saturated rings. The van der Waals surface area contributed by atoms with Crippen LogP contribution in [-0.4, -0.2) is 5.91 Å². The molecule has 0 saturated heterocycles. The van der Waals surface area contributed by atoms with Gasteiger partial charge in [0, 0.05) is 14.0 Å². The van der Waals surface area contributed by atoms with Crippen LogP contribution in [0.3, 0.4) is 0 Å². The van der Waals surface area contributed by atoms with Gasteiger partial charge in [0.1, 0.15) is 0 Å². The van der Waals surface area contributed by atoms with Gasteiger partial charge in [0.15, 0.2) is 0 Å². The zero-order valence-corrected chi connectivity index (χ0v) is 8.58. The highest BCUT2D eigenvalue weighted by atomic mass is 16.1. The standard InChI is InChI=1S/C12H15NO.H2/c1-9(14)13-11-5-3-4-10-8-12(10,2)7-6-11;/h3-7,10H,8H2,1-2H3,(H,13,14);1H/b4-3?,7-6-,11-5+;. The molecule has 0 spiro atoms. The number of carbonyl (C=O) groups excluding carboxylic acids is 1. The van der Waals surface area contributed by atoms with Gasteiger partial charge in [0.05, 0.1) is 0 Å². The summed E-state index contributed by atoms with van der Waals surface area (Å²) >= 11 is 0. The maximum atomic E-state index is 10.9. The second-order valence-corrected chi connectivity index (χ2v) is 4.34. The van der Waals surface area contributed by atoms with Gasteiger partial charge in [-0.05, 0) is 29.9 Å². The topological polar surface area (TPSA) is 29.1 Å². The first kappa shape index (κ1) is 9.25. The van der Waals surface area contributed by atoms with Crippen molar-refractivity contribution in [1.29, 1.82) is 0 Å². The zero-order valence-electron chi connectivity index (χ0n) is 8.58. The molecule has 1 N–H and O–H groups in total. The van der Waals surface area contributed by atoms with E-state index in [4.69, 9.17) is 0 Å². The van der Waals surface area contributed by atoms with Crippen LogP contribution in [0.1, 0.15) is 21.7 Å². The lowest BCUT2D eigenvalue weighted by molar-refractivity contribution is -0.118. The molecule has 1 amide bonds. The number of fused-ring (bicyclic) bond motifs is 1. The lowest BCUT2D eigenvalue weighted by atomic mass is 10.0. The second-order valence-electron chi connectivity index (χ2n) is 4.34. The van der Waals surface area contributed by atoms with E-state index in [0.29, 0.717) is 11.3 Å². The van der Waals surface area contributed by atoms with Crippen molar-refractivity contribution in [3.63, 3.8) is 0 Å². The molecule has 2 aliphatic rings. The molecular weight excluding hydrogens is 174 g/mol. The van der Waals surface area contributed by atoms with Gasteiger partial charge in [-0.2, -0.15) is 0 Å². The minimum atomic E-state index is -0.0210. The Kier molecular flexibility index (Phi) is 2.06. The van der Waals surface area contributed by atoms with Crippen LogP contribution in [0.4, 0.5) is 0 Å². The van der Waals surface area contributed by atoms with Gasteiger partial charge in [-0.1, -0.05) is 25.2 Å². The maximum absolute atomic E-state index is 10.9. The third-order valence-electron chi connectivity index (χ3n) is 2.93. The summed E-state index contributed by atoms with van der Waals surface area (Å²) in [5.74, 6) is 0.668. The summed E-state index contributed by atoms with van der Waals surface area (Å²) in [7, 11) is 0. The van der Waals surface area contributed by atoms with Gasteiger partial charge in [0.25, 0.3) is 0 Å². The molecule has 2 rings (SSSR count). The monoisotopic (exact) mass is 191 g/mol. The number of amides is 1. The first-order valence-corrected chi connectivity index (χ1v) is 4.95. The molecule has 1 saturated carbocycles. The quantitative estimate of drug-likeness (QED) is 0.677. The van der Waals surface area contributed by atoms with Crippen molar-refractivity contribution < 1.29 is 6.22 Å². The van der Waals surface area contributed by atoms with Crippen LogP contribution in [0.2, 0.25) is 0 Å². The highest BCUT2D eigenvalue weighted by Crippen LogP contribution is 2.54. The fraction of sp³-hybridized carbons (Fsp3) is 0.417. The minimum absolute atomic E-state index is 0. The summed E-state index contributed by atoms with van der Waals surface area (Å²) in [4.78, 5) is 10.9. The van der Waals surface area contributed by atoms with Crippen molar-refractivity contribution in [3.8, 4) is 0 Å². The Labute approximate surface area is 85.9 Å². The molecule has 0 aliphatic heterocycles. The van der Waals surface area contributed by atoms with Crippen molar-refractivity contribution in [3.05, 3.63) is 36.1 Å². The molecule has 2 nitrogen and oxygen atoms in total. The van der Waals surface area contributed by atoms with Crippen LogP contribution in [0, 0.1) is 11.3 Å². The zero-order chi connectivity index (χ0) is 10.2. The predicted molar refractivity (Wildman–Crippen MR) is 58.5 cm³/mol. The maximum Gasteiger partial charge on any atom is 0.221 e. The summed E-state index contributed by atoms with van der Waals surface area (Å²) in [6, 6.07) is 0. The molecule has 0 aromatic heterocycles. The molecule has 2 unspecified atom stereocenters. The number of hydrogen-bond acceptors (Lipinski definition) is 1. The van der Waals surface area contributed by atoms with E-state index < -0.39 is 0 Å². The summed E-state index contributed by atoms with van der Waals surface area (Å²) in [5, 5.41) is 2.79. The average molecular weight is 191 g/mol. The smallest absolute Gasteiger partial charge is 0.221 e. The van der Waals surface area contributed by atoms with Gasteiger partial charge >= 0.3 is 0 Å². The van der Waals surface area contributed by atoms with Crippen LogP contribution < -0.4 is 5.32 Å². The first-order chi connectivity index (χ1) is 6.60. The summed E-state index contributed by atoms with van der Waals surface area (Å²) in [6.07, 6.45) is 11.6. The van der Waals surface area contributed by atoms with Gasteiger partial charge in [0.2, 0.25) is 5.91 Å². The fourth-order valence-electron chi connectivity index (χ4n) is 1.81. The first-order valence-electron chi connectivity index (χ1n) is 4.95. The molecule has 2 atom stereocenters.